The van der Waals surface area contributed by atoms with Gasteiger partial charge >= 0.3 is 0 Å². The molecule has 1 aliphatic heterocycles. The van der Waals surface area contributed by atoms with Crippen molar-refractivity contribution in [2.75, 3.05) is 6.26 Å². The zero-order valence-corrected chi connectivity index (χ0v) is 18.0. The van der Waals surface area contributed by atoms with Gasteiger partial charge in [0.15, 0.2) is 9.84 Å². The molecule has 0 aromatic heterocycles. The molecule has 1 aliphatic carbocycles. The molecule has 1 heterocycles. The Bertz CT molecular complexity index is 1070. The van der Waals surface area contributed by atoms with E-state index in [1.165, 1.54) is 11.7 Å². The largest absolute Gasteiger partial charge is 0.317 e. The molecule has 7 heteroatoms. The lowest BCUT2D eigenvalue weighted by Gasteiger charge is -2.42. The van der Waals surface area contributed by atoms with Crippen molar-refractivity contribution in [1.29, 1.82) is 0 Å². The van der Waals surface area contributed by atoms with Gasteiger partial charge in [-0.15, -0.1) is 10.6 Å². The highest BCUT2D eigenvalue weighted by atomic mass is 32.3. The Morgan fingerprint density at radius 3 is 2.31 bits per heavy atom. The summed E-state index contributed by atoms with van der Waals surface area (Å²) in [5.41, 5.74) is 7.92. The molecule has 0 spiro atoms. The first-order chi connectivity index (χ1) is 13.7. The number of sulfone groups is 1. The highest BCUT2D eigenvalue weighted by Gasteiger charge is 2.47. The first kappa shape index (κ1) is 20.6. The maximum absolute atomic E-state index is 12.6. The fourth-order valence-corrected chi connectivity index (χ4v) is 7.36. The molecule has 0 bridgehead atoms. The predicted octanol–water partition coefficient (Wildman–Crippen LogP) is 4.99. The Morgan fingerprint density at radius 2 is 1.62 bits per heavy atom. The summed E-state index contributed by atoms with van der Waals surface area (Å²) >= 11 is 0. The van der Waals surface area contributed by atoms with Gasteiger partial charge in [0.05, 0.1) is 15.3 Å². The third-order valence-corrected chi connectivity index (χ3v) is 8.93. The van der Waals surface area contributed by atoms with Crippen molar-refractivity contribution in [3.63, 3.8) is 0 Å². The fraction of sp³-hybridized carbons (Fsp3) is 0.364. The number of benzene rings is 2. The molecule has 4 N–H and O–H groups in total. The van der Waals surface area contributed by atoms with Crippen molar-refractivity contribution in [1.82, 2.24) is 0 Å². The van der Waals surface area contributed by atoms with Gasteiger partial charge in [0, 0.05) is 22.8 Å². The summed E-state index contributed by atoms with van der Waals surface area (Å²) in [6.45, 7) is 0. The molecule has 156 valence electrons. The third-order valence-electron chi connectivity index (χ3n) is 6.21. The minimum Gasteiger partial charge on any atom is -0.317 e. The first-order valence-electron chi connectivity index (χ1n) is 9.84. The summed E-state index contributed by atoms with van der Waals surface area (Å²) in [5.74, 6) is 0.00626. The van der Waals surface area contributed by atoms with E-state index in [-0.39, 0.29) is 10.8 Å². The van der Waals surface area contributed by atoms with Crippen LogP contribution in [-0.4, -0.2) is 23.8 Å². The van der Waals surface area contributed by atoms with Crippen LogP contribution in [0.5, 0.6) is 0 Å². The van der Waals surface area contributed by atoms with E-state index in [1.807, 2.05) is 12.1 Å². The van der Waals surface area contributed by atoms with Gasteiger partial charge < -0.3 is 5.73 Å². The molecule has 0 amide bonds. The van der Waals surface area contributed by atoms with Crippen molar-refractivity contribution in [2.45, 2.75) is 47.4 Å². The molecule has 0 radical (unpaired) electrons. The summed E-state index contributed by atoms with van der Waals surface area (Å²) in [5, 5.41) is 1.48. The predicted molar refractivity (Wildman–Crippen MR) is 118 cm³/mol. The van der Waals surface area contributed by atoms with Crippen LogP contribution in [0.2, 0.25) is 0 Å². The van der Waals surface area contributed by atoms with Crippen LogP contribution in [0.4, 0.5) is 0 Å². The molecular weight excluding hydrogens is 406 g/mol. The van der Waals surface area contributed by atoms with Gasteiger partial charge in [-0.25, -0.2) is 8.42 Å². The van der Waals surface area contributed by atoms with E-state index in [0.717, 1.165) is 32.1 Å². The summed E-state index contributed by atoms with van der Waals surface area (Å²) in [7, 11) is -6.64. The van der Waals surface area contributed by atoms with E-state index in [2.05, 4.69) is 0 Å². The fourth-order valence-electron chi connectivity index (χ4n) is 4.84. The van der Waals surface area contributed by atoms with Gasteiger partial charge in [0.1, 0.15) is 0 Å². The molecule has 1 unspecified atom stereocenters. The monoisotopic (exact) mass is 433 g/mol. The van der Waals surface area contributed by atoms with Gasteiger partial charge in [-0.05, 0) is 36.5 Å². The van der Waals surface area contributed by atoms with E-state index in [1.54, 1.807) is 36.4 Å². The number of rotatable bonds is 4. The van der Waals surface area contributed by atoms with Gasteiger partial charge in [-0.2, -0.15) is 0 Å². The van der Waals surface area contributed by atoms with E-state index >= 15 is 0 Å². The molecule has 1 fully saturated rings. The van der Waals surface area contributed by atoms with Gasteiger partial charge in [-0.3, -0.25) is 9.11 Å². The Balaban J connectivity index is 2.01. The van der Waals surface area contributed by atoms with Crippen LogP contribution >= 0.6 is 10.6 Å². The minimum absolute atomic E-state index is 0.00626. The van der Waals surface area contributed by atoms with Crippen molar-refractivity contribution < 1.29 is 17.5 Å². The van der Waals surface area contributed by atoms with Crippen LogP contribution in [0.25, 0.3) is 5.57 Å². The van der Waals surface area contributed by atoms with E-state index < -0.39 is 26.0 Å². The maximum atomic E-state index is 12.6. The molecule has 2 aliphatic rings. The third kappa shape index (κ3) is 3.45. The van der Waals surface area contributed by atoms with Crippen LogP contribution in [0.1, 0.15) is 43.2 Å². The Hall–Kier alpha value is -1.64. The average molecular weight is 434 g/mol. The Morgan fingerprint density at radius 1 is 1.00 bits per heavy atom. The Labute approximate surface area is 173 Å². The second kappa shape index (κ2) is 7.25. The minimum atomic E-state index is -3.52. The van der Waals surface area contributed by atoms with Crippen LogP contribution in [-0.2, 0) is 15.4 Å². The molecule has 1 saturated carbocycles. The van der Waals surface area contributed by atoms with Crippen molar-refractivity contribution in [2.24, 2.45) is 11.7 Å². The zero-order valence-electron chi connectivity index (χ0n) is 16.4. The summed E-state index contributed by atoms with van der Waals surface area (Å²) < 4.78 is 46.7. The topological polar surface area (TPSA) is 101 Å². The average Bonchev–Trinajstić information content (AvgIpc) is 2.99. The van der Waals surface area contributed by atoms with E-state index in [0.29, 0.717) is 21.6 Å². The lowest BCUT2D eigenvalue weighted by atomic mass is 9.67. The second-order valence-corrected chi connectivity index (χ2v) is 11.9. The smallest absolute Gasteiger partial charge is 0.175 e. The molecule has 2 aromatic rings. The Kier molecular flexibility index (Phi) is 5.16. The summed E-state index contributed by atoms with van der Waals surface area (Å²) in [6.07, 6.45) is 6.11. The number of hydrogen-bond acceptors (Lipinski definition) is 5. The van der Waals surface area contributed by atoms with Crippen LogP contribution in [0.15, 0.2) is 63.7 Å². The standard InChI is InChI=1S/C22H27NO4S2/c1-28(24,25)21-14-8-6-12-18(21)22(23,16-9-3-2-4-10-16)19-15-29(26,27)20-13-7-5-11-17(19)20/h5-8,11-16,26-27H,2-4,9-10,23H2,1H3. The summed E-state index contributed by atoms with van der Waals surface area (Å²) in [4.78, 5) is 0.660. The molecule has 4 rings (SSSR count). The van der Waals surface area contributed by atoms with Crippen LogP contribution in [0.3, 0.4) is 0 Å². The van der Waals surface area contributed by atoms with E-state index in [4.69, 9.17) is 5.73 Å². The van der Waals surface area contributed by atoms with Crippen LogP contribution in [0, 0.1) is 5.92 Å². The van der Waals surface area contributed by atoms with E-state index in [9.17, 15) is 17.5 Å². The lowest BCUT2D eigenvalue weighted by molar-refractivity contribution is 0.256. The zero-order chi connectivity index (χ0) is 20.9. The van der Waals surface area contributed by atoms with Crippen molar-refractivity contribution in [3.05, 3.63) is 65.1 Å². The SMILES string of the molecule is CS(=O)(=O)c1ccccc1C(N)(C1=CS(O)(O)c2ccccc21)C1CCCCC1. The second-order valence-electron chi connectivity index (χ2n) is 8.09. The molecule has 5 nitrogen and oxygen atoms in total. The van der Waals surface area contributed by atoms with Gasteiger partial charge in [0.25, 0.3) is 0 Å². The first-order valence-corrected chi connectivity index (χ1v) is 13.3. The van der Waals surface area contributed by atoms with Crippen LogP contribution < -0.4 is 5.73 Å². The molecular formula is C22H27NO4S2. The lowest BCUT2D eigenvalue weighted by Crippen LogP contribution is -2.46. The number of nitrogens with two attached hydrogens (primary N) is 1. The molecule has 0 saturated heterocycles. The number of hydrogen-bond donors (Lipinski definition) is 3. The molecule has 2 aromatic carbocycles. The maximum Gasteiger partial charge on any atom is 0.175 e. The number of fused-ring (bicyclic) bond motifs is 1. The van der Waals surface area contributed by atoms with Gasteiger partial charge in [0.2, 0.25) is 0 Å². The van der Waals surface area contributed by atoms with Crippen molar-refractivity contribution >= 4 is 26.0 Å². The summed E-state index contributed by atoms with van der Waals surface area (Å²) in [6, 6.07) is 14.0. The quantitative estimate of drug-likeness (QED) is 0.631. The molecule has 1 atom stereocenters. The highest BCUT2D eigenvalue weighted by Crippen LogP contribution is 2.63. The molecule has 29 heavy (non-hydrogen) atoms. The van der Waals surface area contributed by atoms with Crippen molar-refractivity contribution in [3.8, 4) is 0 Å². The van der Waals surface area contributed by atoms with Gasteiger partial charge in [-0.1, -0.05) is 55.7 Å². The highest BCUT2D eigenvalue weighted by molar-refractivity contribution is 8.27. The normalized spacial score (nSPS) is 22.4.